The third-order valence-corrected chi connectivity index (χ3v) is 3.27. The van der Waals surface area contributed by atoms with Crippen LogP contribution in [0, 0.1) is 5.82 Å². The molecule has 2 aromatic rings. The van der Waals surface area contributed by atoms with Crippen molar-refractivity contribution in [1.82, 2.24) is 0 Å². The number of carbonyl (C=O) groups excluding carboxylic acids is 2. The smallest absolute Gasteiger partial charge is 0.306 e. The molecule has 0 spiro atoms. The number of para-hydroxylation sites is 1. The minimum atomic E-state index is -0.988. The van der Waals surface area contributed by atoms with Crippen molar-refractivity contribution in [3.63, 3.8) is 0 Å². The van der Waals surface area contributed by atoms with Gasteiger partial charge in [0.25, 0.3) is 5.91 Å². The van der Waals surface area contributed by atoms with E-state index in [4.69, 9.17) is 4.74 Å². The van der Waals surface area contributed by atoms with Crippen LogP contribution in [0.5, 0.6) is 0 Å². The fraction of sp³-hybridized carbons (Fsp3) is 0.222. The fourth-order valence-corrected chi connectivity index (χ4v) is 2.00. The van der Waals surface area contributed by atoms with Gasteiger partial charge >= 0.3 is 5.97 Å². The average molecular weight is 315 g/mol. The Bertz CT molecular complexity index is 673. The summed E-state index contributed by atoms with van der Waals surface area (Å²) in [4.78, 5) is 23.7. The van der Waals surface area contributed by atoms with E-state index in [9.17, 15) is 14.0 Å². The molecule has 0 saturated heterocycles. The summed E-state index contributed by atoms with van der Waals surface area (Å²) in [7, 11) is 0. The molecule has 2 aromatic carbocycles. The molecule has 0 unspecified atom stereocenters. The van der Waals surface area contributed by atoms with Crippen molar-refractivity contribution in [3.05, 3.63) is 66.0 Å². The Labute approximate surface area is 134 Å². The topological polar surface area (TPSA) is 55.4 Å². The highest BCUT2D eigenvalue weighted by Crippen LogP contribution is 2.13. The molecule has 1 N–H and O–H groups in total. The van der Waals surface area contributed by atoms with Crippen LogP contribution in [0.2, 0.25) is 0 Å². The number of hydrogen-bond acceptors (Lipinski definition) is 3. The lowest BCUT2D eigenvalue weighted by molar-refractivity contribution is -0.153. The summed E-state index contributed by atoms with van der Waals surface area (Å²) in [6.45, 7) is 1.45. The minimum absolute atomic E-state index is 0.0599. The van der Waals surface area contributed by atoms with Crippen molar-refractivity contribution in [1.29, 1.82) is 0 Å². The van der Waals surface area contributed by atoms with Gasteiger partial charge in [0.15, 0.2) is 6.10 Å². The van der Waals surface area contributed by atoms with Crippen molar-refractivity contribution in [2.75, 3.05) is 5.32 Å². The molecule has 23 heavy (non-hydrogen) atoms. The van der Waals surface area contributed by atoms with E-state index in [1.807, 2.05) is 30.3 Å². The van der Waals surface area contributed by atoms with E-state index < -0.39 is 23.8 Å². The van der Waals surface area contributed by atoms with Crippen LogP contribution in [0.25, 0.3) is 0 Å². The number of aryl methyl sites for hydroxylation is 1. The van der Waals surface area contributed by atoms with Crippen LogP contribution in [0.15, 0.2) is 54.6 Å². The van der Waals surface area contributed by atoms with Crippen LogP contribution in [0.3, 0.4) is 0 Å². The standard InChI is InChI=1S/C18H18FNO3/c1-13(18(22)20-16-10-6-5-9-15(16)19)23-17(21)12-11-14-7-3-2-4-8-14/h2-10,13H,11-12H2,1H3,(H,20,22)/t13-/m0/s1. The van der Waals surface area contributed by atoms with Crippen LogP contribution in [-0.4, -0.2) is 18.0 Å². The number of anilines is 1. The zero-order valence-electron chi connectivity index (χ0n) is 12.8. The van der Waals surface area contributed by atoms with Gasteiger partial charge in [-0.3, -0.25) is 9.59 Å². The van der Waals surface area contributed by atoms with Gasteiger partial charge in [-0.2, -0.15) is 0 Å². The highest BCUT2D eigenvalue weighted by Gasteiger charge is 2.18. The first-order valence-electron chi connectivity index (χ1n) is 7.35. The van der Waals surface area contributed by atoms with Crippen LogP contribution < -0.4 is 5.32 Å². The Morgan fingerprint density at radius 3 is 2.43 bits per heavy atom. The summed E-state index contributed by atoms with van der Waals surface area (Å²) in [6, 6.07) is 15.3. The van der Waals surface area contributed by atoms with E-state index in [0.717, 1.165) is 5.56 Å². The lowest BCUT2D eigenvalue weighted by Gasteiger charge is -2.14. The highest BCUT2D eigenvalue weighted by molar-refractivity contribution is 5.95. The zero-order chi connectivity index (χ0) is 16.7. The van der Waals surface area contributed by atoms with Gasteiger partial charge in [0.1, 0.15) is 5.82 Å². The molecule has 0 radical (unpaired) electrons. The summed E-state index contributed by atoms with van der Waals surface area (Å²) >= 11 is 0. The van der Waals surface area contributed by atoms with Gasteiger partial charge in [-0.15, -0.1) is 0 Å². The molecule has 2 rings (SSSR count). The number of esters is 1. The summed E-state index contributed by atoms with van der Waals surface area (Å²) in [6.07, 6.45) is -0.263. The molecule has 0 heterocycles. The molecule has 4 nitrogen and oxygen atoms in total. The van der Waals surface area contributed by atoms with E-state index in [0.29, 0.717) is 6.42 Å². The quantitative estimate of drug-likeness (QED) is 0.832. The average Bonchev–Trinajstić information content (AvgIpc) is 2.56. The van der Waals surface area contributed by atoms with E-state index in [2.05, 4.69) is 5.32 Å². The van der Waals surface area contributed by atoms with E-state index in [-0.39, 0.29) is 12.1 Å². The predicted octanol–water partition coefficient (Wildman–Crippen LogP) is 3.33. The Hall–Kier alpha value is -2.69. The molecule has 0 bridgehead atoms. The number of carbonyl (C=O) groups is 2. The maximum Gasteiger partial charge on any atom is 0.306 e. The zero-order valence-corrected chi connectivity index (χ0v) is 12.8. The molecular weight excluding hydrogens is 297 g/mol. The lowest BCUT2D eigenvalue weighted by atomic mass is 10.1. The van der Waals surface area contributed by atoms with Crippen LogP contribution >= 0.6 is 0 Å². The molecule has 0 aliphatic carbocycles. The second kappa shape index (κ2) is 8.08. The third kappa shape index (κ3) is 5.21. The largest absolute Gasteiger partial charge is 0.453 e. The molecule has 0 saturated carbocycles. The number of ether oxygens (including phenoxy) is 1. The van der Waals surface area contributed by atoms with Crippen LogP contribution in [0.4, 0.5) is 10.1 Å². The second-order valence-corrected chi connectivity index (χ2v) is 5.09. The van der Waals surface area contributed by atoms with Gasteiger partial charge in [0, 0.05) is 6.42 Å². The summed E-state index contributed by atoms with van der Waals surface area (Å²) in [5.41, 5.74) is 1.08. The number of hydrogen-bond donors (Lipinski definition) is 1. The number of rotatable bonds is 6. The van der Waals surface area contributed by atoms with Gasteiger partial charge in [-0.1, -0.05) is 42.5 Å². The SMILES string of the molecule is C[C@H](OC(=O)CCc1ccccc1)C(=O)Nc1ccccc1F. The predicted molar refractivity (Wildman–Crippen MR) is 85.3 cm³/mol. The Kier molecular flexibility index (Phi) is 5.86. The molecule has 0 aliphatic heterocycles. The number of nitrogens with one attached hydrogen (secondary N) is 1. The van der Waals surface area contributed by atoms with E-state index in [1.54, 1.807) is 6.07 Å². The third-order valence-electron chi connectivity index (χ3n) is 3.27. The number of halogens is 1. The maximum absolute atomic E-state index is 13.5. The molecule has 5 heteroatoms. The number of amides is 1. The molecule has 0 fully saturated rings. The highest BCUT2D eigenvalue weighted by atomic mass is 19.1. The fourth-order valence-electron chi connectivity index (χ4n) is 2.00. The molecule has 0 aromatic heterocycles. The Morgan fingerprint density at radius 2 is 1.74 bits per heavy atom. The summed E-state index contributed by atoms with van der Waals surface area (Å²) < 4.78 is 18.5. The van der Waals surface area contributed by atoms with Crippen molar-refractivity contribution in [2.24, 2.45) is 0 Å². The normalized spacial score (nSPS) is 11.6. The summed E-state index contributed by atoms with van der Waals surface area (Å²) in [5, 5.41) is 2.40. The minimum Gasteiger partial charge on any atom is -0.453 e. The van der Waals surface area contributed by atoms with Crippen LogP contribution in [-0.2, 0) is 20.7 Å². The first-order chi connectivity index (χ1) is 11.1. The van der Waals surface area contributed by atoms with Gasteiger partial charge in [-0.25, -0.2) is 4.39 Å². The molecule has 120 valence electrons. The first-order valence-corrected chi connectivity index (χ1v) is 7.35. The van der Waals surface area contributed by atoms with Crippen molar-refractivity contribution >= 4 is 17.6 Å². The Balaban J connectivity index is 1.81. The molecule has 1 amide bonds. The monoisotopic (exact) mass is 315 g/mol. The summed E-state index contributed by atoms with van der Waals surface area (Å²) in [5.74, 6) is -1.57. The second-order valence-electron chi connectivity index (χ2n) is 5.09. The van der Waals surface area contributed by atoms with Crippen molar-refractivity contribution in [3.8, 4) is 0 Å². The molecule has 1 atom stereocenters. The lowest BCUT2D eigenvalue weighted by Crippen LogP contribution is -2.30. The Morgan fingerprint density at radius 1 is 1.09 bits per heavy atom. The van der Waals surface area contributed by atoms with E-state index in [1.165, 1.54) is 25.1 Å². The van der Waals surface area contributed by atoms with Gasteiger partial charge in [0.05, 0.1) is 5.69 Å². The maximum atomic E-state index is 13.5. The van der Waals surface area contributed by atoms with Crippen LogP contribution in [0.1, 0.15) is 18.9 Å². The van der Waals surface area contributed by atoms with E-state index >= 15 is 0 Å². The first kappa shape index (κ1) is 16.7. The van der Waals surface area contributed by atoms with Crippen molar-refractivity contribution in [2.45, 2.75) is 25.9 Å². The van der Waals surface area contributed by atoms with Gasteiger partial charge < -0.3 is 10.1 Å². The van der Waals surface area contributed by atoms with Crippen molar-refractivity contribution < 1.29 is 18.7 Å². The molecular formula is C18H18FNO3. The number of benzene rings is 2. The van der Waals surface area contributed by atoms with Gasteiger partial charge in [0.2, 0.25) is 0 Å². The van der Waals surface area contributed by atoms with Gasteiger partial charge in [-0.05, 0) is 31.0 Å². The molecule has 0 aliphatic rings.